The molecule has 0 fully saturated rings. The van der Waals surface area contributed by atoms with Gasteiger partial charge in [-0.25, -0.2) is 9.97 Å². The molecule has 11 N–H and O–H groups in total. The van der Waals surface area contributed by atoms with Gasteiger partial charge in [-0.1, -0.05) is 0 Å². The van der Waals surface area contributed by atoms with E-state index in [0.29, 0.717) is 55.6 Å². The molecule has 2 amide bonds. The number of aryl methyl sites for hydroxylation is 1. The summed E-state index contributed by atoms with van der Waals surface area (Å²) >= 11 is 0. The van der Waals surface area contributed by atoms with Crippen LogP contribution < -0.4 is 22.1 Å². The Bertz CT molecular complexity index is 1260. The first kappa shape index (κ1) is 26.6. The molecule has 37 heavy (non-hydrogen) atoms. The van der Waals surface area contributed by atoms with Gasteiger partial charge in [0.25, 0.3) is 18.3 Å². The third kappa shape index (κ3) is 7.48. The van der Waals surface area contributed by atoms with Gasteiger partial charge in [-0.05, 0) is 43.5 Å². The van der Waals surface area contributed by atoms with Crippen LogP contribution in [0.25, 0.3) is 0 Å². The molecular formula is C23H30N10O4. The average molecular weight is 511 g/mol. The summed E-state index contributed by atoms with van der Waals surface area (Å²) in [6, 6.07) is 6.98. The Morgan fingerprint density at radius 3 is 2.16 bits per heavy atom. The minimum atomic E-state index is -0.250. The number of aromatic amines is 4. The van der Waals surface area contributed by atoms with Gasteiger partial charge < -0.3 is 47.1 Å². The van der Waals surface area contributed by atoms with Crippen LogP contribution in [0.15, 0.2) is 42.9 Å². The van der Waals surface area contributed by atoms with E-state index in [1.54, 1.807) is 42.9 Å². The van der Waals surface area contributed by atoms with E-state index < -0.39 is 0 Å². The van der Waals surface area contributed by atoms with E-state index in [1.165, 1.54) is 0 Å². The number of nitrogens with two attached hydrogens (primary N) is 2. The molecule has 0 saturated carbocycles. The van der Waals surface area contributed by atoms with Gasteiger partial charge in [0.2, 0.25) is 0 Å². The lowest BCUT2D eigenvalue weighted by Crippen LogP contribution is -2.26. The van der Waals surface area contributed by atoms with E-state index in [1.807, 2.05) is 0 Å². The molecule has 14 heteroatoms. The number of aromatic nitrogens is 6. The standard InChI is InChI=1S/C22H28N10O2.CH2O2/c23-21-29-12-17(31-21)13(7-11-28-20(34)16-6-3-9-26-16)18-14(30-22(24)32-18)4-1-10-27-19(33)15-5-2-8-25-15;2-1-3/h2-3,5-6,8-9,12-13,25-26H,1,4,7,10-11H2,(H,27,33)(H,28,34)(H3,23,29,31)(H3,24,30,32);1H,(H,2,3). The summed E-state index contributed by atoms with van der Waals surface area (Å²) in [5.74, 6) is 0.0389. The fraction of sp³-hybridized carbons (Fsp3) is 0.261. The van der Waals surface area contributed by atoms with Gasteiger partial charge in [-0.3, -0.25) is 14.4 Å². The van der Waals surface area contributed by atoms with Crippen molar-refractivity contribution in [2.45, 2.75) is 25.2 Å². The molecule has 0 spiro atoms. The second-order valence-electron chi connectivity index (χ2n) is 7.94. The minimum absolute atomic E-state index is 0.155. The number of nitrogens with one attached hydrogen (secondary N) is 6. The molecule has 0 aromatic carbocycles. The van der Waals surface area contributed by atoms with E-state index in [9.17, 15) is 9.59 Å². The molecule has 1 atom stereocenters. The summed E-state index contributed by atoms with van der Waals surface area (Å²) < 4.78 is 0. The number of nitrogens with zero attached hydrogens (tertiary/aromatic N) is 2. The molecule has 0 radical (unpaired) electrons. The van der Waals surface area contributed by atoms with Crippen LogP contribution >= 0.6 is 0 Å². The first-order valence-electron chi connectivity index (χ1n) is 11.5. The third-order valence-electron chi connectivity index (χ3n) is 5.44. The first-order chi connectivity index (χ1) is 17.9. The summed E-state index contributed by atoms with van der Waals surface area (Å²) in [5.41, 5.74) is 15.2. The summed E-state index contributed by atoms with van der Waals surface area (Å²) in [6.07, 6.45) is 6.93. The quantitative estimate of drug-likeness (QED) is 0.104. The van der Waals surface area contributed by atoms with Crippen molar-refractivity contribution in [3.8, 4) is 0 Å². The minimum Gasteiger partial charge on any atom is -0.483 e. The fourth-order valence-electron chi connectivity index (χ4n) is 3.82. The maximum absolute atomic E-state index is 12.3. The van der Waals surface area contributed by atoms with Gasteiger partial charge in [-0.2, -0.15) is 0 Å². The van der Waals surface area contributed by atoms with Crippen molar-refractivity contribution in [3.63, 3.8) is 0 Å². The molecule has 4 heterocycles. The number of carbonyl (C=O) groups is 3. The zero-order valence-electron chi connectivity index (χ0n) is 20.0. The monoisotopic (exact) mass is 510 g/mol. The zero-order chi connectivity index (χ0) is 26.6. The van der Waals surface area contributed by atoms with Gasteiger partial charge >= 0.3 is 0 Å². The van der Waals surface area contributed by atoms with Crippen LogP contribution in [0, 0.1) is 0 Å². The lowest BCUT2D eigenvalue weighted by atomic mass is 9.95. The number of H-pyrrole nitrogens is 4. The van der Waals surface area contributed by atoms with Crippen molar-refractivity contribution in [1.82, 2.24) is 40.5 Å². The van der Waals surface area contributed by atoms with Gasteiger partial charge in [0.15, 0.2) is 11.9 Å². The highest BCUT2D eigenvalue weighted by atomic mass is 16.3. The topological polar surface area (TPSA) is 236 Å². The second-order valence-corrected chi connectivity index (χ2v) is 7.94. The number of imidazole rings is 2. The highest BCUT2D eigenvalue weighted by Crippen LogP contribution is 2.29. The van der Waals surface area contributed by atoms with Gasteiger partial charge in [0.05, 0.1) is 11.9 Å². The number of rotatable bonds is 11. The first-order valence-corrected chi connectivity index (χ1v) is 11.5. The molecule has 0 saturated heterocycles. The number of carboxylic acid groups (broad SMARTS) is 1. The molecule has 0 aliphatic rings. The predicted octanol–water partition coefficient (Wildman–Crippen LogP) is 0.969. The van der Waals surface area contributed by atoms with Crippen molar-refractivity contribution >= 4 is 30.2 Å². The Kier molecular flexibility index (Phi) is 9.47. The average Bonchev–Trinajstić information content (AvgIpc) is 3.68. The van der Waals surface area contributed by atoms with E-state index >= 15 is 0 Å². The smallest absolute Gasteiger partial charge is 0.290 e. The van der Waals surface area contributed by atoms with Crippen molar-refractivity contribution in [2.75, 3.05) is 24.6 Å². The Balaban J connectivity index is 0.00000121. The van der Waals surface area contributed by atoms with Crippen LogP contribution in [-0.4, -0.2) is 66.4 Å². The largest absolute Gasteiger partial charge is 0.483 e. The Morgan fingerprint density at radius 1 is 1.00 bits per heavy atom. The maximum atomic E-state index is 12.3. The molecule has 0 aliphatic heterocycles. The van der Waals surface area contributed by atoms with E-state index in [2.05, 4.69) is 40.5 Å². The molecule has 196 valence electrons. The third-order valence-corrected chi connectivity index (χ3v) is 5.44. The normalized spacial score (nSPS) is 11.2. The van der Waals surface area contributed by atoms with Crippen molar-refractivity contribution in [2.24, 2.45) is 0 Å². The molecule has 0 aliphatic carbocycles. The number of amides is 2. The van der Waals surface area contributed by atoms with Crippen LogP contribution in [0.3, 0.4) is 0 Å². The van der Waals surface area contributed by atoms with E-state index in [-0.39, 0.29) is 24.2 Å². The maximum Gasteiger partial charge on any atom is 0.290 e. The van der Waals surface area contributed by atoms with E-state index in [0.717, 1.165) is 17.1 Å². The Labute approximate surface area is 211 Å². The lowest BCUT2D eigenvalue weighted by Gasteiger charge is -2.16. The van der Waals surface area contributed by atoms with Crippen molar-refractivity contribution < 1.29 is 19.5 Å². The van der Waals surface area contributed by atoms with Crippen molar-refractivity contribution in [3.05, 3.63) is 71.3 Å². The van der Waals surface area contributed by atoms with Crippen LogP contribution in [0.1, 0.15) is 56.8 Å². The molecule has 4 rings (SSSR count). The van der Waals surface area contributed by atoms with Crippen LogP contribution in [0.4, 0.5) is 11.9 Å². The Hall–Kier alpha value is -5.01. The van der Waals surface area contributed by atoms with Crippen molar-refractivity contribution in [1.29, 1.82) is 0 Å². The molecule has 4 aromatic heterocycles. The number of nitrogen functional groups attached to an aromatic ring is 2. The number of anilines is 2. The molecular weight excluding hydrogens is 480 g/mol. The number of hydrogen-bond acceptors (Lipinski definition) is 7. The van der Waals surface area contributed by atoms with Crippen LogP contribution in [-0.2, 0) is 11.2 Å². The van der Waals surface area contributed by atoms with E-state index in [4.69, 9.17) is 21.4 Å². The number of carbonyl (C=O) groups excluding carboxylic acids is 2. The van der Waals surface area contributed by atoms with Crippen LogP contribution in [0.5, 0.6) is 0 Å². The Morgan fingerprint density at radius 2 is 1.62 bits per heavy atom. The second kappa shape index (κ2) is 13.2. The predicted molar refractivity (Wildman–Crippen MR) is 136 cm³/mol. The summed E-state index contributed by atoms with van der Waals surface area (Å²) in [7, 11) is 0. The fourth-order valence-corrected chi connectivity index (χ4v) is 3.82. The zero-order valence-corrected chi connectivity index (χ0v) is 20.0. The number of hydrogen-bond donors (Lipinski definition) is 9. The summed E-state index contributed by atoms with van der Waals surface area (Å²) in [6.45, 7) is 0.643. The molecule has 14 nitrogen and oxygen atoms in total. The van der Waals surface area contributed by atoms with Crippen LogP contribution in [0.2, 0.25) is 0 Å². The molecule has 4 aromatic rings. The van der Waals surface area contributed by atoms with Gasteiger partial charge in [-0.15, -0.1) is 0 Å². The SMILES string of the molecule is Nc1ncc(C(CCNC(=O)c2ccc[nH]2)c2nc(N)[nH]c2CCCNC(=O)c2ccc[nH]2)[nH]1.O=CO. The highest BCUT2D eigenvalue weighted by molar-refractivity contribution is 5.92. The van der Waals surface area contributed by atoms with Gasteiger partial charge in [0.1, 0.15) is 11.4 Å². The summed E-state index contributed by atoms with van der Waals surface area (Å²) in [5, 5.41) is 12.7. The molecule has 0 bridgehead atoms. The lowest BCUT2D eigenvalue weighted by molar-refractivity contribution is -0.122. The molecule has 1 unspecified atom stereocenters. The van der Waals surface area contributed by atoms with Gasteiger partial charge in [0, 0.05) is 42.8 Å². The summed E-state index contributed by atoms with van der Waals surface area (Å²) in [4.78, 5) is 53.4. The highest BCUT2D eigenvalue weighted by Gasteiger charge is 2.23.